The summed E-state index contributed by atoms with van der Waals surface area (Å²) < 4.78 is 5.68. The minimum Gasteiger partial charge on any atom is -0.440 e. The Hall–Kier alpha value is -2.13. The van der Waals surface area contributed by atoms with Crippen LogP contribution in [-0.2, 0) is 5.75 Å². The van der Waals surface area contributed by atoms with Gasteiger partial charge in [0.1, 0.15) is 5.76 Å². The number of thioether (sulfide) groups is 1. The number of thiophene rings is 1. The maximum Gasteiger partial charge on any atom is 0.236 e. The van der Waals surface area contributed by atoms with Crippen LogP contribution in [0.1, 0.15) is 11.5 Å². The first kappa shape index (κ1) is 13.8. The average molecular weight is 320 g/mol. The van der Waals surface area contributed by atoms with E-state index in [1.807, 2.05) is 24.4 Å². The van der Waals surface area contributed by atoms with Crippen LogP contribution in [-0.4, -0.2) is 19.9 Å². The molecule has 3 rings (SSSR count). The number of aryl methyl sites for hydroxylation is 1. The molecule has 108 valence electrons. The topological polar surface area (TPSA) is 117 Å². The first-order valence-corrected chi connectivity index (χ1v) is 7.88. The number of aromatic nitrogens is 4. The fourth-order valence-corrected chi connectivity index (χ4v) is 3.15. The summed E-state index contributed by atoms with van der Waals surface area (Å²) >= 11 is 2.97. The molecule has 0 saturated carbocycles. The number of rotatable bonds is 4. The lowest BCUT2D eigenvalue weighted by Crippen LogP contribution is -2.03. The number of nitrogens with two attached hydrogens (primary N) is 2. The highest BCUT2D eigenvalue weighted by Gasteiger charge is 2.13. The summed E-state index contributed by atoms with van der Waals surface area (Å²) in [5.41, 5.74) is 11.9. The van der Waals surface area contributed by atoms with Crippen molar-refractivity contribution in [3.8, 4) is 10.8 Å². The second-order valence-electron chi connectivity index (χ2n) is 4.12. The van der Waals surface area contributed by atoms with Gasteiger partial charge in [-0.15, -0.1) is 11.3 Å². The number of anilines is 2. The van der Waals surface area contributed by atoms with Crippen molar-refractivity contribution in [2.75, 3.05) is 11.5 Å². The van der Waals surface area contributed by atoms with Gasteiger partial charge in [0.2, 0.25) is 17.8 Å². The molecule has 0 aliphatic carbocycles. The maximum absolute atomic E-state index is 5.68. The molecule has 0 saturated heterocycles. The van der Waals surface area contributed by atoms with Crippen molar-refractivity contribution in [1.29, 1.82) is 0 Å². The molecule has 3 aromatic heterocycles. The summed E-state index contributed by atoms with van der Waals surface area (Å²) in [6, 6.07) is 3.94. The highest BCUT2D eigenvalue weighted by molar-refractivity contribution is 7.98. The first-order chi connectivity index (χ1) is 10.1. The highest BCUT2D eigenvalue weighted by Crippen LogP contribution is 2.28. The number of nitrogen functional groups attached to an aromatic ring is 2. The van der Waals surface area contributed by atoms with Crippen molar-refractivity contribution in [3.05, 3.63) is 29.0 Å². The number of oxazole rings is 1. The lowest BCUT2D eigenvalue weighted by Gasteiger charge is -2.00. The molecule has 3 heterocycles. The second-order valence-corrected chi connectivity index (χ2v) is 6.01. The lowest BCUT2D eigenvalue weighted by molar-refractivity contribution is 0.542. The van der Waals surface area contributed by atoms with E-state index in [4.69, 9.17) is 15.9 Å². The Balaban J connectivity index is 1.76. The van der Waals surface area contributed by atoms with Gasteiger partial charge in [0.15, 0.2) is 5.16 Å². The molecule has 0 aliphatic heterocycles. The summed E-state index contributed by atoms with van der Waals surface area (Å²) in [4.78, 5) is 17.3. The molecule has 0 unspecified atom stereocenters. The molecule has 0 spiro atoms. The van der Waals surface area contributed by atoms with E-state index in [0.29, 0.717) is 16.8 Å². The molecule has 0 radical (unpaired) electrons. The Kier molecular flexibility index (Phi) is 3.76. The van der Waals surface area contributed by atoms with E-state index < -0.39 is 0 Å². The molecule has 21 heavy (non-hydrogen) atoms. The van der Waals surface area contributed by atoms with Gasteiger partial charge >= 0.3 is 0 Å². The lowest BCUT2D eigenvalue weighted by atomic mass is 10.4. The molecule has 0 fully saturated rings. The Labute approximate surface area is 128 Å². The van der Waals surface area contributed by atoms with Crippen LogP contribution in [0.4, 0.5) is 11.9 Å². The summed E-state index contributed by atoms with van der Waals surface area (Å²) in [5, 5.41) is 2.46. The molecular formula is C12H12N6OS2. The Morgan fingerprint density at radius 3 is 2.62 bits per heavy atom. The molecule has 9 heteroatoms. The van der Waals surface area contributed by atoms with Crippen LogP contribution in [0.15, 0.2) is 27.1 Å². The third-order valence-electron chi connectivity index (χ3n) is 2.61. The van der Waals surface area contributed by atoms with Gasteiger partial charge in [0.05, 0.1) is 10.6 Å². The quantitative estimate of drug-likeness (QED) is 0.703. The molecule has 0 atom stereocenters. The summed E-state index contributed by atoms with van der Waals surface area (Å²) in [6.45, 7) is 1.89. The van der Waals surface area contributed by atoms with Crippen molar-refractivity contribution in [2.45, 2.75) is 17.8 Å². The fraction of sp³-hybridized carbons (Fsp3) is 0.167. The monoisotopic (exact) mass is 320 g/mol. The number of nitrogens with zero attached hydrogens (tertiary/aromatic N) is 4. The minimum atomic E-state index is 0.112. The first-order valence-electron chi connectivity index (χ1n) is 6.02. The third kappa shape index (κ3) is 3.14. The van der Waals surface area contributed by atoms with E-state index >= 15 is 0 Å². The molecule has 4 N–H and O–H groups in total. The smallest absolute Gasteiger partial charge is 0.236 e. The van der Waals surface area contributed by atoms with Crippen molar-refractivity contribution in [3.63, 3.8) is 0 Å². The molecule has 0 bridgehead atoms. The summed E-state index contributed by atoms with van der Waals surface area (Å²) in [7, 11) is 0. The zero-order valence-corrected chi connectivity index (χ0v) is 12.7. The van der Waals surface area contributed by atoms with E-state index in [0.717, 1.165) is 16.3 Å². The van der Waals surface area contributed by atoms with Gasteiger partial charge in [-0.05, 0) is 18.4 Å². The van der Waals surface area contributed by atoms with Crippen molar-refractivity contribution in [2.24, 2.45) is 0 Å². The van der Waals surface area contributed by atoms with Crippen molar-refractivity contribution in [1.82, 2.24) is 19.9 Å². The van der Waals surface area contributed by atoms with E-state index in [1.54, 1.807) is 11.3 Å². The third-order valence-corrected chi connectivity index (χ3v) is 4.33. The van der Waals surface area contributed by atoms with Gasteiger partial charge < -0.3 is 15.9 Å². The zero-order chi connectivity index (χ0) is 14.8. The molecule has 7 nitrogen and oxygen atoms in total. The second kappa shape index (κ2) is 5.70. The summed E-state index contributed by atoms with van der Waals surface area (Å²) in [5.74, 6) is 2.21. The van der Waals surface area contributed by atoms with E-state index in [9.17, 15) is 0 Å². The van der Waals surface area contributed by atoms with E-state index in [-0.39, 0.29) is 11.9 Å². The molecule has 0 amide bonds. The van der Waals surface area contributed by atoms with Crippen LogP contribution >= 0.6 is 23.1 Å². The van der Waals surface area contributed by atoms with Gasteiger partial charge in [-0.2, -0.15) is 15.0 Å². The minimum absolute atomic E-state index is 0.112. The van der Waals surface area contributed by atoms with Gasteiger partial charge in [-0.25, -0.2) is 4.98 Å². The van der Waals surface area contributed by atoms with Gasteiger partial charge in [-0.1, -0.05) is 17.8 Å². The fourth-order valence-electron chi connectivity index (χ4n) is 1.65. The van der Waals surface area contributed by atoms with Crippen LogP contribution in [0.3, 0.4) is 0 Å². The predicted octanol–water partition coefficient (Wildman–Crippen LogP) is 2.35. The highest BCUT2D eigenvalue weighted by atomic mass is 32.2. The van der Waals surface area contributed by atoms with Crippen LogP contribution in [0.2, 0.25) is 0 Å². The number of hydrogen-bond donors (Lipinski definition) is 2. The van der Waals surface area contributed by atoms with E-state index in [1.165, 1.54) is 11.8 Å². The molecule has 3 aromatic rings. The Morgan fingerprint density at radius 2 is 1.95 bits per heavy atom. The molecular weight excluding hydrogens is 308 g/mol. The van der Waals surface area contributed by atoms with Gasteiger partial charge in [0.25, 0.3) is 0 Å². The normalized spacial score (nSPS) is 10.9. The predicted molar refractivity (Wildman–Crippen MR) is 82.8 cm³/mol. The molecule has 0 aliphatic rings. The summed E-state index contributed by atoms with van der Waals surface area (Å²) in [6.07, 6.45) is 0. The average Bonchev–Trinajstić information content (AvgIpc) is 3.04. The van der Waals surface area contributed by atoms with Crippen LogP contribution < -0.4 is 11.5 Å². The largest absolute Gasteiger partial charge is 0.440 e. The maximum atomic E-state index is 5.68. The SMILES string of the molecule is Cc1oc(-c2cccs2)nc1CSc1nc(N)nc(N)n1. The van der Waals surface area contributed by atoms with Gasteiger partial charge in [-0.3, -0.25) is 0 Å². The zero-order valence-electron chi connectivity index (χ0n) is 11.1. The van der Waals surface area contributed by atoms with Gasteiger partial charge in [0, 0.05) is 5.75 Å². The van der Waals surface area contributed by atoms with Crippen LogP contribution in [0.25, 0.3) is 10.8 Å². The van der Waals surface area contributed by atoms with Crippen molar-refractivity contribution >= 4 is 35.0 Å². The van der Waals surface area contributed by atoms with Crippen molar-refractivity contribution < 1.29 is 4.42 Å². The Bertz CT molecular complexity index is 735. The Morgan fingerprint density at radius 1 is 1.19 bits per heavy atom. The van der Waals surface area contributed by atoms with Crippen LogP contribution in [0.5, 0.6) is 0 Å². The van der Waals surface area contributed by atoms with Crippen LogP contribution in [0, 0.1) is 6.92 Å². The van der Waals surface area contributed by atoms with E-state index in [2.05, 4.69) is 19.9 Å². The molecule has 0 aromatic carbocycles. The standard InChI is InChI=1S/C12H12N6OS2/c1-6-7(15-9(19-6)8-3-2-4-20-8)5-21-12-17-10(13)16-11(14)18-12/h2-4H,5H2,1H3,(H4,13,14,16,17,18). The number of hydrogen-bond acceptors (Lipinski definition) is 9.